The minimum atomic E-state index is 0.399. The maximum Gasteiger partial charge on any atom is 0.0628 e. The highest BCUT2D eigenvalue weighted by molar-refractivity contribution is 4.75. The molecule has 2 unspecified atom stereocenters. The van der Waals surface area contributed by atoms with E-state index in [0.29, 0.717) is 12.1 Å². The monoisotopic (exact) mass is 246 g/mol. The second-order valence-corrected chi connectivity index (χ2v) is 4.45. The standard InChI is InChI=1S/C13H30N2O2/c1-6-12(3)15(8-9-16-4)10-13(11-17-5)14-7-2/h12-14H,6-11H2,1-5H3. The Labute approximate surface area is 107 Å². The fourth-order valence-electron chi connectivity index (χ4n) is 1.91. The molecule has 0 radical (unpaired) electrons. The maximum atomic E-state index is 5.25. The zero-order valence-corrected chi connectivity index (χ0v) is 12.2. The zero-order valence-electron chi connectivity index (χ0n) is 12.2. The number of nitrogens with one attached hydrogen (secondary N) is 1. The van der Waals surface area contributed by atoms with Crippen molar-refractivity contribution in [3.8, 4) is 0 Å². The molecule has 0 rings (SSSR count). The van der Waals surface area contributed by atoms with Crippen LogP contribution in [0.3, 0.4) is 0 Å². The molecule has 0 fully saturated rings. The second kappa shape index (κ2) is 11.0. The number of nitrogens with zero attached hydrogens (tertiary/aromatic N) is 1. The quantitative estimate of drug-likeness (QED) is 0.597. The molecule has 1 N–H and O–H groups in total. The molecule has 0 bridgehead atoms. The van der Waals surface area contributed by atoms with Crippen molar-refractivity contribution in [1.82, 2.24) is 10.2 Å². The molecule has 0 saturated carbocycles. The van der Waals surface area contributed by atoms with Crippen LogP contribution < -0.4 is 5.32 Å². The van der Waals surface area contributed by atoms with Crippen LogP contribution in [0.25, 0.3) is 0 Å². The van der Waals surface area contributed by atoms with E-state index in [1.54, 1.807) is 14.2 Å². The summed E-state index contributed by atoms with van der Waals surface area (Å²) >= 11 is 0. The lowest BCUT2D eigenvalue weighted by atomic mass is 10.2. The van der Waals surface area contributed by atoms with Crippen molar-refractivity contribution < 1.29 is 9.47 Å². The summed E-state index contributed by atoms with van der Waals surface area (Å²) < 4.78 is 10.4. The van der Waals surface area contributed by atoms with Gasteiger partial charge in [0.1, 0.15) is 0 Å². The Morgan fingerprint density at radius 3 is 2.35 bits per heavy atom. The third-order valence-electron chi connectivity index (χ3n) is 3.11. The van der Waals surface area contributed by atoms with Crippen molar-refractivity contribution in [3.63, 3.8) is 0 Å². The Kier molecular flexibility index (Phi) is 10.9. The summed E-state index contributed by atoms with van der Waals surface area (Å²) in [7, 11) is 3.51. The van der Waals surface area contributed by atoms with E-state index in [4.69, 9.17) is 9.47 Å². The van der Waals surface area contributed by atoms with Crippen molar-refractivity contribution >= 4 is 0 Å². The van der Waals surface area contributed by atoms with E-state index in [2.05, 4.69) is 31.0 Å². The van der Waals surface area contributed by atoms with Crippen LogP contribution in [-0.4, -0.2) is 64.1 Å². The van der Waals surface area contributed by atoms with Crippen LogP contribution in [0.15, 0.2) is 0 Å². The van der Waals surface area contributed by atoms with E-state index in [1.165, 1.54) is 0 Å². The molecule has 0 aliphatic rings. The first kappa shape index (κ1) is 16.8. The smallest absolute Gasteiger partial charge is 0.0628 e. The molecular formula is C13H30N2O2. The van der Waals surface area contributed by atoms with Crippen LogP contribution in [0, 0.1) is 0 Å². The summed E-state index contributed by atoms with van der Waals surface area (Å²) in [6.07, 6.45) is 1.16. The van der Waals surface area contributed by atoms with Gasteiger partial charge in [0.25, 0.3) is 0 Å². The number of ether oxygens (including phenoxy) is 2. The zero-order chi connectivity index (χ0) is 13.1. The SMILES string of the molecule is CCNC(COC)CN(CCOC)C(C)CC. The van der Waals surface area contributed by atoms with E-state index >= 15 is 0 Å². The minimum Gasteiger partial charge on any atom is -0.383 e. The molecule has 0 amide bonds. The number of rotatable bonds is 11. The first-order chi connectivity index (χ1) is 8.19. The van der Waals surface area contributed by atoms with Gasteiger partial charge in [0.2, 0.25) is 0 Å². The van der Waals surface area contributed by atoms with E-state index < -0.39 is 0 Å². The van der Waals surface area contributed by atoms with E-state index in [9.17, 15) is 0 Å². The molecular weight excluding hydrogens is 216 g/mol. The van der Waals surface area contributed by atoms with Crippen molar-refractivity contribution in [2.75, 3.05) is 47.1 Å². The van der Waals surface area contributed by atoms with Gasteiger partial charge in [-0.3, -0.25) is 4.90 Å². The molecule has 17 heavy (non-hydrogen) atoms. The molecule has 104 valence electrons. The van der Waals surface area contributed by atoms with E-state index in [1.807, 2.05) is 0 Å². The fraction of sp³-hybridized carbons (Fsp3) is 1.00. The molecule has 4 nitrogen and oxygen atoms in total. The van der Waals surface area contributed by atoms with Crippen LogP contribution in [0.4, 0.5) is 0 Å². The van der Waals surface area contributed by atoms with Gasteiger partial charge in [0.15, 0.2) is 0 Å². The summed E-state index contributed by atoms with van der Waals surface area (Å²) in [5, 5.41) is 3.46. The van der Waals surface area contributed by atoms with E-state index in [0.717, 1.165) is 39.3 Å². The largest absolute Gasteiger partial charge is 0.383 e. The number of likely N-dealkylation sites (N-methyl/N-ethyl adjacent to an activating group) is 1. The Morgan fingerprint density at radius 1 is 1.18 bits per heavy atom. The Morgan fingerprint density at radius 2 is 1.88 bits per heavy atom. The average molecular weight is 246 g/mol. The van der Waals surface area contributed by atoms with Gasteiger partial charge < -0.3 is 14.8 Å². The summed E-state index contributed by atoms with van der Waals surface area (Å²) in [6.45, 7) is 11.1. The van der Waals surface area contributed by atoms with Crippen molar-refractivity contribution in [1.29, 1.82) is 0 Å². The molecule has 4 heteroatoms. The van der Waals surface area contributed by atoms with Gasteiger partial charge >= 0.3 is 0 Å². The lowest BCUT2D eigenvalue weighted by Crippen LogP contribution is -2.47. The van der Waals surface area contributed by atoms with Crippen LogP contribution >= 0.6 is 0 Å². The van der Waals surface area contributed by atoms with Crippen molar-refractivity contribution in [2.24, 2.45) is 0 Å². The third kappa shape index (κ3) is 7.71. The second-order valence-electron chi connectivity index (χ2n) is 4.45. The van der Waals surface area contributed by atoms with Crippen LogP contribution in [-0.2, 0) is 9.47 Å². The highest BCUT2D eigenvalue weighted by Gasteiger charge is 2.17. The van der Waals surface area contributed by atoms with Crippen molar-refractivity contribution in [3.05, 3.63) is 0 Å². The molecule has 0 aromatic rings. The number of hydrogen-bond acceptors (Lipinski definition) is 4. The van der Waals surface area contributed by atoms with Gasteiger partial charge in [0.05, 0.1) is 13.2 Å². The van der Waals surface area contributed by atoms with E-state index in [-0.39, 0.29) is 0 Å². The highest BCUT2D eigenvalue weighted by atomic mass is 16.5. The van der Waals surface area contributed by atoms with Crippen LogP contribution in [0.5, 0.6) is 0 Å². The van der Waals surface area contributed by atoms with Crippen LogP contribution in [0.2, 0.25) is 0 Å². The summed E-state index contributed by atoms with van der Waals surface area (Å²) in [5.74, 6) is 0. The third-order valence-corrected chi connectivity index (χ3v) is 3.11. The Hall–Kier alpha value is -0.160. The lowest BCUT2D eigenvalue weighted by molar-refractivity contribution is 0.0926. The van der Waals surface area contributed by atoms with Crippen LogP contribution in [0.1, 0.15) is 27.2 Å². The highest BCUT2D eigenvalue weighted by Crippen LogP contribution is 2.05. The van der Waals surface area contributed by atoms with Gasteiger partial charge in [-0.25, -0.2) is 0 Å². The fourth-order valence-corrected chi connectivity index (χ4v) is 1.91. The maximum absolute atomic E-state index is 5.25. The molecule has 2 atom stereocenters. The van der Waals surface area contributed by atoms with Gasteiger partial charge in [-0.15, -0.1) is 0 Å². The van der Waals surface area contributed by atoms with Gasteiger partial charge in [0, 0.05) is 39.4 Å². The molecule has 0 heterocycles. The van der Waals surface area contributed by atoms with Crippen molar-refractivity contribution in [2.45, 2.75) is 39.3 Å². The number of methoxy groups -OCH3 is 2. The normalized spacial score (nSPS) is 15.2. The first-order valence-electron chi connectivity index (χ1n) is 6.64. The average Bonchev–Trinajstić information content (AvgIpc) is 2.33. The molecule has 0 aromatic carbocycles. The topological polar surface area (TPSA) is 33.7 Å². The predicted octanol–water partition coefficient (Wildman–Crippen LogP) is 1.36. The summed E-state index contributed by atoms with van der Waals surface area (Å²) in [6, 6.07) is 0.985. The predicted molar refractivity (Wildman–Crippen MR) is 72.5 cm³/mol. The molecule has 0 spiro atoms. The summed E-state index contributed by atoms with van der Waals surface area (Å²) in [5.41, 5.74) is 0. The molecule has 0 aromatic heterocycles. The molecule has 0 aliphatic carbocycles. The van der Waals surface area contributed by atoms with Gasteiger partial charge in [-0.05, 0) is 19.9 Å². The summed E-state index contributed by atoms with van der Waals surface area (Å²) in [4.78, 5) is 2.47. The minimum absolute atomic E-state index is 0.399. The molecule has 0 saturated heterocycles. The molecule has 0 aliphatic heterocycles. The Balaban J connectivity index is 4.24. The Bertz CT molecular complexity index is 161. The lowest BCUT2D eigenvalue weighted by Gasteiger charge is -2.32. The van der Waals surface area contributed by atoms with Gasteiger partial charge in [-0.2, -0.15) is 0 Å². The first-order valence-corrected chi connectivity index (χ1v) is 6.64. The van der Waals surface area contributed by atoms with Gasteiger partial charge in [-0.1, -0.05) is 13.8 Å². The number of hydrogen-bond donors (Lipinski definition) is 1.